The fraction of sp³-hybridized carbons (Fsp3) is 0.400. The Morgan fingerprint density at radius 3 is 2.95 bits per heavy atom. The molecule has 1 heterocycles. The Bertz CT molecular complexity index is 503. The highest BCUT2D eigenvalue weighted by molar-refractivity contribution is 7.51. The second-order valence-electron chi connectivity index (χ2n) is 4.74. The predicted octanol–water partition coefficient (Wildman–Crippen LogP) is 1.64. The van der Waals surface area contributed by atoms with Crippen LogP contribution in [0, 0.1) is 12.3 Å². The third-order valence-corrected chi connectivity index (χ3v) is 4.79. The first-order valence-corrected chi connectivity index (χ1v) is 8.22. The Balaban J connectivity index is 1.89. The Hall–Kier alpha value is -1.44. The number of amides is 1. The van der Waals surface area contributed by atoms with Crippen LogP contribution in [0.15, 0.2) is 30.3 Å². The summed E-state index contributed by atoms with van der Waals surface area (Å²) in [5, 5.41) is 4.17. The Labute approximate surface area is 126 Å². The maximum atomic E-state index is 12.3. The van der Waals surface area contributed by atoms with E-state index >= 15 is 0 Å². The molecule has 0 saturated carbocycles. The topological polar surface area (TPSA) is 61.8 Å². The third-order valence-electron chi connectivity index (χ3n) is 3.24. The van der Waals surface area contributed by atoms with Crippen molar-refractivity contribution in [3.8, 4) is 12.3 Å². The van der Waals surface area contributed by atoms with Gasteiger partial charge in [0.1, 0.15) is 14.9 Å². The van der Waals surface area contributed by atoms with Crippen LogP contribution in [0.5, 0.6) is 0 Å². The van der Waals surface area contributed by atoms with Gasteiger partial charge in [0.2, 0.25) is 0 Å². The van der Waals surface area contributed by atoms with E-state index < -0.39 is 14.0 Å². The lowest BCUT2D eigenvalue weighted by molar-refractivity contribution is -0.196. The Morgan fingerprint density at radius 2 is 2.24 bits per heavy atom. The molecule has 0 aromatic heterocycles. The predicted molar refractivity (Wildman–Crippen MR) is 81.9 cm³/mol. The third kappa shape index (κ3) is 4.52. The molecule has 0 bridgehead atoms. The quantitative estimate of drug-likeness (QED) is 0.619. The van der Waals surface area contributed by atoms with Crippen molar-refractivity contribution in [1.29, 1.82) is 0 Å². The lowest BCUT2D eigenvalue weighted by Gasteiger charge is -2.33. The Morgan fingerprint density at radius 1 is 1.48 bits per heavy atom. The molecule has 1 aromatic carbocycles. The van der Waals surface area contributed by atoms with E-state index in [0.29, 0.717) is 19.6 Å². The zero-order valence-corrected chi connectivity index (χ0v) is 12.6. The average Bonchev–Trinajstić information content (AvgIpc) is 2.52. The molecule has 1 amide bonds. The molecule has 1 aliphatic heterocycles. The van der Waals surface area contributed by atoms with Crippen molar-refractivity contribution in [2.45, 2.75) is 25.1 Å². The van der Waals surface area contributed by atoms with Gasteiger partial charge in [-0.2, -0.15) is 0 Å². The Kier molecular flexibility index (Phi) is 6.16. The van der Waals surface area contributed by atoms with Gasteiger partial charge in [-0.1, -0.05) is 36.3 Å². The molecule has 1 fully saturated rings. The van der Waals surface area contributed by atoms with Gasteiger partial charge in [0.25, 0.3) is 5.91 Å². The molecule has 2 atom stereocenters. The molecule has 2 unspecified atom stereocenters. The SMILES string of the molecule is C#CCNP(O)C1CCCN(OCc2ccccc2)C1=O. The number of hydroxylamine groups is 2. The van der Waals surface area contributed by atoms with Crippen molar-refractivity contribution in [2.75, 3.05) is 13.1 Å². The van der Waals surface area contributed by atoms with E-state index in [2.05, 4.69) is 11.0 Å². The monoisotopic (exact) mass is 306 g/mol. The fourth-order valence-electron chi connectivity index (χ4n) is 2.15. The van der Waals surface area contributed by atoms with Crippen LogP contribution in [-0.2, 0) is 16.2 Å². The largest absolute Gasteiger partial charge is 0.358 e. The number of nitrogens with one attached hydrogen (secondary N) is 1. The number of rotatable bonds is 6. The van der Waals surface area contributed by atoms with Gasteiger partial charge in [0, 0.05) is 6.54 Å². The highest BCUT2D eigenvalue weighted by Gasteiger charge is 2.35. The summed E-state index contributed by atoms with van der Waals surface area (Å²) in [7, 11) is -1.60. The summed E-state index contributed by atoms with van der Waals surface area (Å²) in [5.41, 5.74) is 0.557. The molecule has 1 aliphatic rings. The van der Waals surface area contributed by atoms with E-state index in [1.54, 1.807) is 0 Å². The molecule has 112 valence electrons. The van der Waals surface area contributed by atoms with Crippen LogP contribution < -0.4 is 5.09 Å². The van der Waals surface area contributed by atoms with Crippen molar-refractivity contribution >= 4 is 14.2 Å². The van der Waals surface area contributed by atoms with E-state index in [1.165, 1.54) is 5.06 Å². The van der Waals surface area contributed by atoms with E-state index in [1.807, 2.05) is 30.3 Å². The van der Waals surface area contributed by atoms with Gasteiger partial charge in [-0.15, -0.1) is 6.42 Å². The van der Waals surface area contributed by atoms with Crippen molar-refractivity contribution in [3.63, 3.8) is 0 Å². The lowest BCUT2D eigenvalue weighted by Crippen LogP contribution is -2.44. The van der Waals surface area contributed by atoms with Gasteiger partial charge in [-0.05, 0) is 18.4 Å². The molecule has 5 nitrogen and oxygen atoms in total. The second-order valence-corrected chi connectivity index (χ2v) is 6.37. The van der Waals surface area contributed by atoms with Crippen molar-refractivity contribution in [2.24, 2.45) is 0 Å². The molecule has 1 aromatic rings. The van der Waals surface area contributed by atoms with Gasteiger partial charge in [-0.3, -0.25) is 14.7 Å². The van der Waals surface area contributed by atoms with Crippen LogP contribution in [0.3, 0.4) is 0 Å². The highest BCUT2D eigenvalue weighted by atomic mass is 31.2. The molecular formula is C15H19N2O3P. The molecule has 0 radical (unpaired) electrons. The van der Waals surface area contributed by atoms with E-state index in [0.717, 1.165) is 12.0 Å². The number of nitrogens with zero attached hydrogens (tertiary/aromatic N) is 1. The van der Waals surface area contributed by atoms with Crippen LogP contribution in [-0.4, -0.2) is 34.6 Å². The summed E-state index contributed by atoms with van der Waals surface area (Å²) in [6.07, 6.45) is 6.61. The standard InChI is InChI=1S/C15H19N2O3P/c1-2-10-16-21(19)14-9-6-11-17(15(14)18)20-12-13-7-4-3-5-8-13/h1,3-5,7-8,14,16,19H,6,9-12H2. The summed E-state index contributed by atoms with van der Waals surface area (Å²) in [5.74, 6) is 2.23. The zero-order chi connectivity index (χ0) is 15.1. The summed E-state index contributed by atoms with van der Waals surface area (Å²) in [4.78, 5) is 27.9. The van der Waals surface area contributed by atoms with Crippen molar-refractivity contribution in [1.82, 2.24) is 10.2 Å². The van der Waals surface area contributed by atoms with E-state index in [9.17, 15) is 9.69 Å². The number of piperidine rings is 1. The molecule has 0 aliphatic carbocycles. The molecule has 0 spiro atoms. The summed E-state index contributed by atoms with van der Waals surface area (Å²) in [6.45, 7) is 1.16. The molecule has 2 N–H and O–H groups in total. The van der Waals surface area contributed by atoms with Crippen LogP contribution in [0.25, 0.3) is 0 Å². The zero-order valence-electron chi connectivity index (χ0n) is 11.7. The molecule has 2 rings (SSSR count). The number of carbonyl (C=O) groups is 1. The fourth-order valence-corrected chi connectivity index (χ4v) is 3.39. The minimum atomic E-state index is -1.60. The van der Waals surface area contributed by atoms with Crippen LogP contribution in [0.1, 0.15) is 18.4 Å². The number of benzene rings is 1. The summed E-state index contributed by atoms with van der Waals surface area (Å²) < 4.78 is 0. The molecular weight excluding hydrogens is 287 g/mol. The first-order chi connectivity index (χ1) is 10.2. The van der Waals surface area contributed by atoms with Crippen molar-refractivity contribution in [3.05, 3.63) is 35.9 Å². The van der Waals surface area contributed by atoms with Crippen LogP contribution >= 0.6 is 8.30 Å². The normalized spacial score (nSPS) is 20.1. The van der Waals surface area contributed by atoms with Gasteiger partial charge >= 0.3 is 0 Å². The van der Waals surface area contributed by atoms with Gasteiger partial charge in [-0.25, -0.2) is 5.06 Å². The number of carbonyl (C=O) groups excluding carboxylic acids is 1. The number of terminal acetylenes is 1. The van der Waals surface area contributed by atoms with Crippen molar-refractivity contribution < 1.29 is 14.5 Å². The number of hydrogen-bond donors (Lipinski definition) is 2. The average molecular weight is 306 g/mol. The summed E-state index contributed by atoms with van der Waals surface area (Å²) in [6, 6.07) is 9.67. The maximum Gasteiger partial charge on any atom is 0.257 e. The second kappa shape index (κ2) is 8.11. The number of hydrogen-bond acceptors (Lipinski definition) is 4. The first-order valence-electron chi connectivity index (χ1n) is 6.85. The first kappa shape index (κ1) is 15.9. The molecule has 6 heteroatoms. The molecule has 21 heavy (non-hydrogen) atoms. The summed E-state index contributed by atoms with van der Waals surface area (Å²) >= 11 is 0. The lowest BCUT2D eigenvalue weighted by atomic mass is 10.1. The van der Waals surface area contributed by atoms with E-state index in [-0.39, 0.29) is 12.5 Å². The van der Waals surface area contributed by atoms with Gasteiger partial charge in [0.05, 0.1) is 12.2 Å². The van der Waals surface area contributed by atoms with Gasteiger partial charge < -0.3 is 4.89 Å². The highest BCUT2D eigenvalue weighted by Crippen LogP contribution is 2.38. The van der Waals surface area contributed by atoms with Crippen LogP contribution in [0.2, 0.25) is 0 Å². The maximum absolute atomic E-state index is 12.3. The minimum absolute atomic E-state index is 0.171. The smallest absolute Gasteiger partial charge is 0.257 e. The minimum Gasteiger partial charge on any atom is -0.358 e. The molecule has 1 saturated heterocycles. The van der Waals surface area contributed by atoms with Gasteiger partial charge in [0.15, 0.2) is 0 Å². The van der Waals surface area contributed by atoms with Crippen LogP contribution in [0.4, 0.5) is 0 Å². The van der Waals surface area contributed by atoms with E-state index in [4.69, 9.17) is 11.3 Å².